The molecular formula is C15H14N2O2. The molecule has 2 aromatic carbocycles. The van der Waals surface area contributed by atoms with Gasteiger partial charge in [-0.15, -0.1) is 0 Å². The van der Waals surface area contributed by atoms with E-state index in [1.165, 1.54) is 11.3 Å². The highest BCUT2D eigenvalue weighted by atomic mass is 16.4. The molecule has 0 atom stereocenters. The van der Waals surface area contributed by atoms with Crippen molar-refractivity contribution in [2.75, 3.05) is 17.2 Å². The molecule has 96 valence electrons. The molecule has 1 aliphatic rings. The monoisotopic (exact) mass is 254 g/mol. The number of nitrogens with zero attached hydrogens (tertiary/aromatic N) is 1. The zero-order chi connectivity index (χ0) is 13.4. The van der Waals surface area contributed by atoms with Gasteiger partial charge in [-0.3, -0.25) is 0 Å². The van der Waals surface area contributed by atoms with Crippen molar-refractivity contribution < 1.29 is 9.90 Å². The van der Waals surface area contributed by atoms with E-state index in [0.29, 0.717) is 5.69 Å². The number of aromatic carboxylic acids is 1. The lowest BCUT2D eigenvalue weighted by molar-refractivity contribution is 0.0698. The van der Waals surface area contributed by atoms with Gasteiger partial charge in [-0.1, -0.05) is 18.2 Å². The van der Waals surface area contributed by atoms with E-state index in [0.717, 1.165) is 18.7 Å². The van der Waals surface area contributed by atoms with Crippen molar-refractivity contribution in [1.29, 1.82) is 0 Å². The van der Waals surface area contributed by atoms with Gasteiger partial charge in [0.15, 0.2) is 0 Å². The van der Waals surface area contributed by atoms with E-state index in [1.54, 1.807) is 12.1 Å². The summed E-state index contributed by atoms with van der Waals surface area (Å²) in [5.41, 5.74) is 9.67. The topological polar surface area (TPSA) is 66.6 Å². The fourth-order valence-electron chi connectivity index (χ4n) is 2.52. The first-order valence-corrected chi connectivity index (χ1v) is 6.15. The average Bonchev–Trinajstić information content (AvgIpc) is 2.82. The fourth-order valence-corrected chi connectivity index (χ4v) is 2.52. The number of nitrogen functional groups attached to an aromatic ring is 1. The van der Waals surface area contributed by atoms with E-state index in [4.69, 9.17) is 10.8 Å². The van der Waals surface area contributed by atoms with Crippen LogP contribution in [0.25, 0.3) is 0 Å². The molecule has 0 unspecified atom stereocenters. The molecule has 0 aliphatic carbocycles. The third kappa shape index (κ3) is 1.91. The zero-order valence-electron chi connectivity index (χ0n) is 10.3. The molecule has 0 saturated carbocycles. The Morgan fingerprint density at radius 2 is 2.00 bits per heavy atom. The largest absolute Gasteiger partial charge is 0.478 e. The first kappa shape index (κ1) is 11.6. The maximum absolute atomic E-state index is 11.0. The third-order valence-electron chi connectivity index (χ3n) is 3.46. The highest BCUT2D eigenvalue weighted by molar-refractivity contribution is 5.94. The number of anilines is 3. The van der Waals surface area contributed by atoms with Crippen LogP contribution in [0.4, 0.5) is 17.1 Å². The second-order valence-electron chi connectivity index (χ2n) is 4.61. The molecule has 3 rings (SSSR count). The molecule has 0 amide bonds. The number of nitrogens with two attached hydrogens (primary N) is 1. The van der Waals surface area contributed by atoms with Gasteiger partial charge >= 0.3 is 5.97 Å². The molecule has 1 heterocycles. The Morgan fingerprint density at radius 3 is 2.74 bits per heavy atom. The molecule has 4 nitrogen and oxygen atoms in total. The predicted octanol–water partition coefficient (Wildman–Crippen LogP) is 2.66. The van der Waals surface area contributed by atoms with Crippen LogP contribution in [-0.4, -0.2) is 17.6 Å². The lowest BCUT2D eigenvalue weighted by Crippen LogP contribution is -2.14. The van der Waals surface area contributed by atoms with E-state index < -0.39 is 5.97 Å². The van der Waals surface area contributed by atoms with Crippen molar-refractivity contribution in [3.05, 3.63) is 53.6 Å². The second-order valence-corrected chi connectivity index (χ2v) is 4.61. The van der Waals surface area contributed by atoms with Crippen molar-refractivity contribution in [2.24, 2.45) is 0 Å². The first-order chi connectivity index (χ1) is 9.16. The molecular weight excluding hydrogens is 240 g/mol. The minimum absolute atomic E-state index is 0.149. The summed E-state index contributed by atoms with van der Waals surface area (Å²) in [7, 11) is 0. The molecule has 0 saturated heterocycles. The van der Waals surface area contributed by atoms with Crippen molar-refractivity contribution in [3.8, 4) is 0 Å². The lowest BCUT2D eigenvalue weighted by Gasteiger charge is -2.20. The minimum Gasteiger partial charge on any atom is -0.478 e. The molecule has 3 N–H and O–H groups in total. The maximum Gasteiger partial charge on any atom is 0.337 e. The highest BCUT2D eigenvalue weighted by Gasteiger charge is 2.20. The SMILES string of the molecule is Nc1cc(N2CCc3ccccc32)ccc1C(=O)O. The molecule has 0 fully saturated rings. The van der Waals surface area contributed by atoms with Gasteiger partial charge in [-0.2, -0.15) is 0 Å². The number of hydrogen-bond acceptors (Lipinski definition) is 3. The number of para-hydroxylation sites is 1. The number of carboxylic acid groups (broad SMARTS) is 1. The fraction of sp³-hybridized carbons (Fsp3) is 0.133. The molecule has 19 heavy (non-hydrogen) atoms. The van der Waals surface area contributed by atoms with Crippen molar-refractivity contribution in [3.63, 3.8) is 0 Å². The summed E-state index contributed by atoms with van der Waals surface area (Å²) in [4.78, 5) is 13.1. The first-order valence-electron chi connectivity index (χ1n) is 6.15. The summed E-state index contributed by atoms with van der Waals surface area (Å²) in [6.45, 7) is 0.894. The molecule has 1 aliphatic heterocycles. The Labute approximate surface area is 111 Å². The van der Waals surface area contributed by atoms with Crippen LogP contribution in [0.2, 0.25) is 0 Å². The molecule has 0 radical (unpaired) electrons. The van der Waals surface area contributed by atoms with Gasteiger partial charge in [0.05, 0.1) is 5.56 Å². The van der Waals surface area contributed by atoms with Crippen LogP contribution >= 0.6 is 0 Å². The Kier molecular flexibility index (Phi) is 2.63. The smallest absolute Gasteiger partial charge is 0.337 e. The second kappa shape index (κ2) is 4.31. The number of rotatable bonds is 2. The van der Waals surface area contributed by atoms with Gasteiger partial charge in [0.2, 0.25) is 0 Å². The van der Waals surface area contributed by atoms with E-state index in [-0.39, 0.29) is 5.56 Å². The summed E-state index contributed by atoms with van der Waals surface area (Å²) in [6, 6.07) is 13.3. The zero-order valence-corrected chi connectivity index (χ0v) is 10.3. The molecule has 0 spiro atoms. The maximum atomic E-state index is 11.0. The number of hydrogen-bond donors (Lipinski definition) is 2. The summed E-state index contributed by atoms with van der Waals surface area (Å²) >= 11 is 0. The van der Waals surface area contributed by atoms with Crippen molar-refractivity contribution in [2.45, 2.75) is 6.42 Å². The van der Waals surface area contributed by atoms with Crippen LogP contribution in [0, 0.1) is 0 Å². The molecule has 0 aromatic heterocycles. The average molecular weight is 254 g/mol. The van der Waals surface area contributed by atoms with Crippen LogP contribution in [0.15, 0.2) is 42.5 Å². The van der Waals surface area contributed by atoms with Gasteiger partial charge in [0, 0.05) is 23.6 Å². The molecule has 0 bridgehead atoms. The molecule has 2 aromatic rings. The van der Waals surface area contributed by atoms with Crippen LogP contribution in [0.1, 0.15) is 15.9 Å². The van der Waals surface area contributed by atoms with Crippen LogP contribution < -0.4 is 10.6 Å². The van der Waals surface area contributed by atoms with E-state index in [1.807, 2.05) is 18.2 Å². The van der Waals surface area contributed by atoms with Crippen LogP contribution in [0.5, 0.6) is 0 Å². The summed E-state index contributed by atoms with van der Waals surface area (Å²) in [5, 5.41) is 8.99. The van der Waals surface area contributed by atoms with Gasteiger partial charge in [0.25, 0.3) is 0 Å². The minimum atomic E-state index is -0.995. The third-order valence-corrected chi connectivity index (χ3v) is 3.46. The van der Waals surface area contributed by atoms with Crippen molar-refractivity contribution in [1.82, 2.24) is 0 Å². The Balaban J connectivity index is 2.01. The van der Waals surface area contributed by atoms with Crippen molar-refractivity contribution >= 4 is 23.0 Å². The van der Waals surface area contributed by atoms with E-state index in [9.17, 15) is 4.79 Å². The Morgan fingerprint density at radius 1 is 1.21 bits per heavy atom. The van der Waals surface area contributed by atoms with E-state index >= 15 is 0 Å². The number of fused-ring (bicyclic) bond motifs is 1. The summed E-state index contributed by atoms with van der Waals surface area (Å²) < 4.78 is 0. The summed E-state index contributed by atoms with van der Waals surface area (Å²) in [6.07, 6.45) is 0.997. The van der Waals surface area contributed by atoms with Crippen LogP contribution in [0.3, 0.4) is 0 Å². The molecule has 4 heteroatoms. The van der Waals surface area contributed by atoms with Gasteiger partial charge < -0.3 is 15.7 Å². The number of carbonyl (C=O) groups is 1. The predicted molar refractivity (Wildman–Crippen MR) is 75.0 cm³/mol. The standard InChI is InChI=1S/C15H14N2O2/c16-13-9-11(5-6-12(13)15(18)19)17-8-7-10-3-1-2-4-14(10)17/h1-6,9H,7-8,16H2,(H,18,19). The Hall–Kier alpha value is -2.49. The Bertz CT molecular complexity index is 652. The highest BCUT2D eigenvalue weighted by Crippen LogP contribution is 2.35. The van der Waals surface area contributed by atoms with Crippen LogP contribution in [-0.2, 0) is 6.42 Å². The van der Waals surface area contributed by atoms with E-state index in [2.05, 4.69) is 17.0 Å². The number of benzene rings is 2. The lowest BCUT2D eigenvalue weighted by atomic mass is 10.1. The van der Waals surface area contributed by atoms with Gasteiger partial charge in [-0.05, 0) is 36.2 Å². The summed E-state index contributed by atoms with van der Waals surface area (Å²) in [5.74, 6) is -0.995. The quantitative estimate of drug-likeness (QED) is 0.808. The normalized spacial score (nSPS) is 13.4. The number of carboxylic acids is 1. The van der Waals surface area contributed by atoms with Gasteiger partial charge in [-0.25, -0.2) is 4.79 Å². The van der Waals surface area contributed by atoms with Gasteiger partial charge in [0.1, 0.15) is 0 Å².